The Morgan fingerprint density at radius 2 is 1.83 bits per heavy atom. The van der Waals surface area contributed by atoms with Crippen molar-refractivity contribution >= 4 is 11.7 Å². The fraction of sp³-hybridized carbons (Fsp3) is 0.308. The van der Waals surface area contributed by atoms with Crippen molar-refractivity contribution in [1.29, 1.82) is 0 Å². The molecule has 3 aromatic rings. The van der Waals surface area contributed by atoms with Crippen LogP contribution in [-0.4, -0.2) is 34.4 Å². The summed E-state index contributed by atoms with van der Waals surface area (Å²) < 4.78 is 26.1. The van der Waals surface area contributed by atoms with Crippen LogP contribution in [0.15, 0.2) is 59.4 Å². The number of ketones is 1. The van der Waals surface area contributed by atoms with Crippen LogP contribution in [0.25, 0.3) is 0 Å². The smallest absolute Gasteiger partial charge is 0.296 e. The van der Waals surface area contributed by atoms with E-state index >= 15 is 0 Å². The van der Waals surface area contributed by atoms with E-state index in [0.717, 1.165) is 5.56 Å². The van der Waals surface area contributed by atoms with E-state index in [1.807, 2.05) is 30.3 Å². The zero-order valence-electron chi connectivity index (χ0n) is 19.5. The number of amides is 1. The lowest BCUT2D eigenvalue weighted by Gasteiger charge is -2.32. The summed E-state index contributed by atoms with van der Waals surface area (Å²) in [7, 11) is 0. The van der Waals surface area contributed by atoms with E-state index in [4.69, 9.17) is 9.47 Å². The molecule has 4 rings (SSSR count). The van der Waals surface area contributed by atoms with Crippen LogP contribution in [0.3, 0.4) is 0 Å². The lowest BCUT2D eigenvalue weighted by atomic mass is 10.1. The lowest BCUT2D eigenvalue weighted by molar-refractivity contribution is -0.117. The van der Waals surface area contributed by atoms with Crippen LogP contribution in [0.5, 0.6) is 5.75 Å². The minimum Gasteiger partial charge on any atom is -0.481 e. The molecule has 1 aliphatic rings. The molecule has 1 aromatic heterocycles. The van der Waals surface area contributed by atoms with Crippen molar-refractivity contribution < 1.29 is 23.5 Å². The standard InChI is InChI=1S/C26H26FN3O5/c1-26(2)25-29-21(23(32)28-15-20(31)14-17-8-10-19(27)11-9-17)22(24(33)30(25)12-13-35-26)34-16-18-6-4-3-5-7-18/h3-11H,12-16H2,1-2H3,(H,28,32). The first-order chi connectivity index (χ1) is 16.7. The Kier molecular flexibility index (Phi) is 7.07. The summed E-state index contributed by atoms with van der Waals surface area (Å²) in [5.41, 5.74) is -0.126. The van der Waals surface area contributed by atoms with Gasteiger partial charge in [-0.05, 0) is 37.1 Å². The van der Waals surface area contributed by atoms with Gasteiger partial charge in [-0.25, -0.2) is 9.37 Å². The van der Waals surface area contributed by atoms with Gasteiger partial charge in [-0.2, -0.15) is 0 Å². The maximum absolute atomic E-state index is 13.3. The van der Waals surface area contributed by atoms with Crippen molar-refractivity contribution in [2.75, 3.05) is 13.2 Å². The molecule has 0 radical (unpaired) electrons. The van der Waals surface area contributed by atoms with Gasteiger partial charge >= 0.3 is 0 Å². The Bertz CT molecular complexity index is 1290. The summed E-state index contributed by atoms with van der Waals surface area (Å²) in [5, 5.41) is 2.54. The van der Waals surface area contributed by atoms with E-state index in [1.54, 1.807) is 13.8 Å². The van der Waals surface area contributed by atoms with Crippen molar-refractivity contribution in [2.24, 2.45) is 0 Å². The number of aromatic nitrogens is 2. The molecule has 0 bridgehead atoms. The number of benzene rings is 2. The van der Waals surface area contributed by atoms with E-state index in [0.29, 0.717) is 18.0 Å². The number of nitrogens with zero attached hydrogens (tertiary/aromatic N) is 2. The lowest BCUT2D eigenvalue weighted by Crippen LogP contribution is -2.43. The number of carbonyl (C=O) groups excluding carboxylic acids is 2. The maximum Gasteiger partial charge on any atom is 0.296 e. The Morgan fingerprint density at radius 1 is 1.11 bits per heavy atom. The third-order valence-corrected chi connectivity index (χ3v) is 5.65. The summed E-state index contributed by atoms with van der Waals surface area (Å²) in [4.78, 5) is 43.2. The van der Waals surface area contributed by atoms with Crippen molar-refractivity contribution in [3.8, 4) is 5.75 Å². The van der Waals surface area contributed by atoms with Crippen molar-refractivity contribution in [3.63, 3.8) is 0 Å². The average Bonchev–Trinajstić information content (AvgIpc) is 2.84. The fourth-order valence-corrected chi connectivity index (χ4v) is 3.83. The molecule has 0 atom stereocenters. The molecule has 182 valence electrons. The molecule has 0 unspecified atom stereocenters. The van der Waals surface area contributed by atoms with Crippen LogP contribution < -0.4 is 15.6 Å². The highest BCUT2D eigenvalue weighted by molar-refractivity contribution is 5.97. The minimum absolute atomic E-state index is 0.0269. The molecule has 1 N–H and O–H groups in total. The molecule has 0 spiro atoms. The van der Waals surface area contributed by atoms with Crippen molar-refractivity contribution in [2.45, 2.75) is 39.0 Å². The molecule has 0 fully saturated rings. The van der Waals surface area contributed by atoms with Gasteiger partial charge in [-0.15, -0.1) is 0 Å². The molecule has 9 heteroatoms. The van der Waals surface area contributed by atoms with Crippen LogP contribution in [-0.2, 0) is 34.7 Å². The summed E-state index contributed by atoms with van der Waals surface area (Å²) >= 11 is 0. The highest BCUT2D eigenvalue weighted by atomic mass is 19.1. The fourth-order valence-electron chi connectivity index (χ4n) is 3.83. The van der Waals surface area contributed by atoms with Gasteiger partial charge in [-0.1, -0.05) is 42.5 Å². The van der Waals surface area contributed by atoms with Gasteiger partial charge in [0.25, 0.3) is 11.5 Å². The second-order valence-corrected chi connectivity index (χ2v) is 8.73. The van der Waals surface area contributed by atoms with Crippen LogP contribution in [0, 0.1) is 5.82 Å². The topological polar surface area (TPSA) is 99.5 Å². The number of halogens is 1. The van der Waals surface area contributed by atoms with E-state index < -0.39 is 22.9 Å². The molecule has 0 saturated heterocycles. The molecular formula is C26H26FN3O5. The summed E-state index contributed by atoms with van der Waals surface area (Å²) in [6.07, 6.45) is 0.0269. The predicted molar refractivity (Wildman–Crippen MR) is 126 cm³/mol. The number of Topliss-reactive ketones (excluding diaryl/α,β-unsaturated/α-hetero) is 1. The number of fused-ring (bicyclic) bond motifs is 1. The number of hydrogen-bond donors (Lipinski definition) is 1. The van der Waals surface area contributed by atoms with E-state index in [1.165, 1.54) is 28.8 Å². The third-order valence-electron chi connectivity index (χ3n) is 5.65. The van der Waals surface area contributed by atoms with Crippen LogP contribution in [0.2, 0.25) is 0 Å². The highest BCUT2D eigenvalue weighted by Crippen LogP contribution is 2.28. The monoisotopic (exact) mass is 479 g/mol. The Hall–Kier alpha value is -3.85. The number of nitrogens with one attached hydrogen (secondary N) is 1. The van der Waals surface area contributed by atoms with Gasteiger partial charge in [0.2, 0.25) is 5.75 Å². The van der Waals surface area contributed by atoms with Crippen LogP contribution in [0.4, 0.5) is 4.39 Å². The van der Waals surface area contributed by atoms with Crippen LogP contribution >= 0.6 is 0 Å². The summed E-state index contributed by atoms with van der Waals surface area (Å²) in [5.74, 6) is -1.26. The molecule has 8 nitrogen and oxygen atoms in total. The minimum atomic E-state index is -0.886. The summed E-state index contributed by atoms with van der Waals surface area (Å²) in [6.45, 7) is 3.92. The van der Waals surface area contributed by atoms with Crippen molar-refractivity contribution in [1.82, 2.24) is 14.9 Å². The highest BCUT2D eigenvalue weighted by Gasteiger charge is 2.35. The second kappa shape index (κ2) is 10.2. The molecule has 1 amide bonds. The zero-order chi connectivity index (χ0) is 25.0. The Morgan fingerprint density at radius 3 is 2.54 bits per heavy atom. The number of carbonyl (C=O) groups is 2. The quantitative estimate of drug-likeness (QED) is 0.534. The van der Waals surface area contributed by atoms with E-state index in [2.05, 4.69) is 10.3 Å². The normalized spacial score (nSPS) is 14.1. The number of ether oxygens (including phenoxy) is 2. The Balaban J connectivity index is 1.57. The second-order valence-electron chi connectivity index (χ2n) is 8.73. The average molecular weight is 480 g/mol. The molecule has 2 aromatic carbocycles. The van der Waals surface area contributed by atoms with Gasteiger partial charge < -0.3 is 14.8 Å². The molecule has 0 aliphatic carbocycles. The van der Waals surface area contributed by atoms with Gasteiger partial charge in [0.05, 0.1) is 19.7 Å². The molecule has 2 heterocycles. The van der Waals surface area contributed by atoms with E-state index in [9.17, 15) is 18.8 Å². The van der Waals surface area contributed by atoms with Gasteiger partial charge in [0.1, 0.15) is 23.8 Å². The maximum atomic E-state index is 13.3. The predicted octanol–water partition coefficient (Wildman–Crippen LogP) is 2.77. The summed E-state index contributed by atoms with van der Waals surface area (Å²) in [6, 6.07) is 14.8. The SMILES string of the molecule is CC1(C)OCCn2c1nc(C(=O)NCC(=O)Cc1ccc(F)cc1)c(OCc1ccccc1)c2=O. The van der Waals surface area contributed by atoms with E-state index in [-0.39, 0.29) is 43.3 Å². The first-order valence-corrected chi connectivity index (χ1v) is 11.2. The van der Waals surface area contributed by atoms with Gasteiger partial charge in [0.15, 0.2) is 11.5 Å². The Labute approximate surface area is 201 Å². The first kappa shape index (κ1) is 24.3. The zero-order valence-corrected chi connectivity index (χ0v) is 19.5. The third kappa shape index (κ3) is 5.63. The molecular weight excluding hydrogens is 453 g/mol. The largest absolute Gasteiger partial charge is 0.481 e. The first-order valence-electron chi connectivity index (χ1n) is 11.2. The molecule has 35 heavy (non-hydrogen) atoms. The van der Waals surface area contributed by atoms with Crippen LogP contribution in [0.1, 0.15) is 41.3 Å². The molecule has 0 saturated carbocycles. The number of rotatable bonds is 8. The van der Waals surface area contributed by atoms with Gasteiger partial charge in [0, 0.05) is 6.42 Å². The molecule has 1 aliphatic heterocycles. The van der Waals surface area contributed by atoms with Crippen molar-refractivity contribution in [3.05, 3.63) is 93.4 Å². The van der Waals surface area contributed by atoms with Gasteiger partial charge in [-0.3, -0.25) is 19.0 Å². The number of hydrogen-bond acceptors (Lipinski definition) is 6.